The highest BCUT2D eigenvalue weighted by molar-refractivity contribution is 5.75. The zero-order valence-electron chi connectivity index (χ0n) is 9.08. The molecule has 14 heavy (non-hydrogen) atoms. The van der Waals surface area contributed by atoms with Gasteiger partial charge in [-0.3, -0.25) is 9.69 Å². The molecule has 3 nitrogen and oxygen atoms in total. The van der Waals surface area contributed by atoms with Gasteiger partial charge < -0.3 is 4.74 Å². The van der Waals surface area contributed by atoms with E-state index in [4.69, 9.17) is 4.74 Å². The fourth-order valence-corrected chi connectivity index (χ4v) is 1.83. The number of methoxy groups -OCH3 is 1. The Kier molecular flexibility index (Phi) is 4.14. The number of nitrogens with zero attached hydrogens (tertiary/aromatic N) is 1. The van der Waals surface area contributed by atoms with Gasteiger partial charge in [0.05, 0.1) is 7.11 Å². The number of esters is 1. The summed E-state index contributed by atoms with van der Waals surface area (Å²) in [5.41, 5.74) is 1.17. The minimum atomic E-state index is -0.0933. The third-order valence-corrected chi connectivity index (χ3v) is 2.66. The second-order valence-electron chi connectivity index (χ2n) is 3.92. The van der Waals surface area contributed by atoms with E-state index in [1.165, 1.54) is 12.7 Å². The van der Waals surface area contributed by atoms with Crippen LogP contribution < -0.4 is 0 Å². The van der Waals surface area contributed by atoms with E-state index < -0.39 is 0 Å². The minimum Gasteiger partial charge on any atom is -0.468 e. The van der Waals surface area contributed by atoms with Crippen LogP contribution in [0.5, 0.6) is 0 Å². The number of ether oxygens (including phenoxy) is 1. The molecule has 0 N–H and O–H groups in total. The highest BCUT2D eigenvalue weighted by Crippen LogP contribution is 2.19. The van der Waals surface area contributed by atoms with E-state index >= 15 is 0 Å². The van der Waals surface area contributed by atoms with Crippen LogP contribution in [0.2, 0.25) is 0 Å². The Labute approximate surface area is 85.7 Å². The van der Waals surface area contributed by atoms with Gasteiger partial charge >= 0.3 is 5.97 Å². The summed E-state index contributed by atoms with van der Waals surface area (Å²) in [4.78, 5) is 13.6. The van der Waals surface area contributed by atoms with Crippen LogP contribution in [0.15, 0.2) is 12.2 Å². The summed E-state index contributed by atoms with van der Waals surface area (Å²) in [6, 6.07) is -0.0145. The van der Waals surface area contributed by atoms with Crippen LogP contribution in [-0.2, 0) is 9.53 Å². The zero-order chi connectivity index (χ0) is 10.6. The molecule has 0 bridgehead atoms. The Morgan fingerprint density at radius 1 is 1.64 bits per heavy atom. The summed E-state index contributed by atoms with van der Waals surface area (Å²) in [6.45, 7) is 7.81. The summed E-state index contributed by atoms with van der Waals surface area (Å²) in [5.74, 6) is -0.0933. The lowest BCUT2D eigenvalue weighted by atomic mass is 10.2. The van der Waals surface area contributed by atoms with Crippen molar-refractivity contribution in [2.24, 2.45) is 0 Å². The number of hydrogen-bond acceptors (Lipinski definition) is 3. The Bertz CT molecular complexity index is 225. The first-order valence-corrected chi connectivity index (χ1v) is 5.11. The molecule has 1 heterocycles. The van der Waals surface area contributed by atoms with Gasteiger partial charge in [-0.25, -0.2) is 0 Å². The van der Waals surface area contributed by atoms with Gasteiger partial charge in [-0.1, -0.05) is 5.57 Å². The van der Waals surface area contributed by atoms with Gasteiger partial charge in [0.2, 0.25) is 0 Å². The van der Waals surface area contributed by atoms with Crippen LogP contribution in [0.3, 0.4) is 0 Å². The van der Waals surface area contributed by atoms with E-state index in [9.17, 15) is 4.79 Å². The van der Waals surface area contributed by atoms with Crippen molar-refractivity contribution in [1.29, 1.82) is 0 Å². The van der Waals surface area contributed by atoms with E-state index in [2.05, 4.69) is 11.5 Å². The lowest BCUT2D eigenvalue weighted by Gasteiger charge is -2.21. The van der Waals surface area contributed by atoms with Gasteiger partial charge in [0.15, 0.2) is 0 Å². The van der Waals surface area contributed by atoms with Crippen LogP contribution in [0.1, 0.15) is 26.2 Å². The Morgan fingerprint density at radius 2 is 2.36 bits per heavy atom. The van der Waals surface area contributed by atoms with Gasteiger partial charge in [-0.15, -0.1) is 6.58 Å². The highest BCUT2D eigenvalue weighted by atomic mass is 16.5. The van der Waals surface area contributed by atoms with Gasteiger partial charge in [0.25, 0.3) is 0 Å². The molecule has 0 aromatic heterocycles. The second kappa shape index (κ2) is 5.15. The quantitative estimate of drug-likeness (QED) is 0.506. The van der Waals surface area contributed by atoms with Crippen molar-refractivity contribution < 1.29 is 9.53 Å². The maximum Gasteiger partial charge on any atom is 0.323 e. The zero-order valence-corrected chi connectivity index (χ0v) is 9.08. The Morgan fingerprint density at radius 3 is 2.93 bits per heavy atom. The molecule has 0 amide bonds. The van der Waals surface area contributed by atoms with Crippen molar-refractivity contribution in [2.75, 3.05) is 20.2 Å². The Balaban J connectivity index is 2.42. The van der Waals surface area contributed by atoms with Gasteiger partial charge in [0, 0.05) is 6.54 Å². The SMILES string of the molecule is C=C(C)CCN1CCCC1C(=O)OC. The van der Waals surface area contributed by atoms with E-state index in [-0.39, 0.29) is 12.0 Å². The van der Waals surface area contributed by atoms with Crippen LogP contribution in [0.25, 0.3) is 0 Å². The van der Waals surface area contributed by atoms with Crippen molar-refractivity contribution in [1.82, 2.24) is 4.90 Å². The van der Waals surface area contributed by atoms with Gasteiger partial charge in [-0.2, -0.15) is 0 Å². The molecule has 1 aliphatic heterocycles. The first-order valence-electron chi connectivity index (χ1n) is 5.11. The third kappa shape index (κ3) is 2.84. The van der Waals surface area contributed by atoms with E-state index in [0.29, 0.717) is 0 Å². The van der Waals surface area contributed by atoms with E-state index in [1.807, 2.05) is 6.92 Å². The molecule has 1 saturated heterocycles. The minimum absolute atomic E-state index is 0.0145. The number of likely N-dealkylation sites (tertiary alicyclic amines) is 1. The van der Waals surface area contributed by atoms with Crippen molar-refractivity contribution in [3.63, 3.8) is 0 Å². The molecule has 0 saturated carbocycles. The molecule has 1 aliphatic rings. The molecule has 1 fully saturated rings. The van der Waals surface area contributed by atoms with Crippen molar-refractivity contribution in [3.05, 3.63) is 12.2 Å². The van der Waals surface area contributed by atoms with E-state index in [0.717, 1.165) is 32.4 Å². The number of carbonyl (C=O) groups excluding carboxylic acids is 1. The van der Waals surface area contributed by atoms with Crippen LogP contribution >= 0.6 is 0 Å². The summed E-state index contributed by atoms with van der Waals surface area (Å²) in [7, 11) is 1.46. The van der Waals surface area contributed by atoms with Crippen molar-refractivity contribution >= 4 is 5.97 Å². The Hall–Kier alpha value is -0.830. The predicted octanol–water partition coefficient (Wildman–Crippen LogP) is 1.59. The summed E-state index contributed by atoms with van der Waals surface area (Å²) in [5, 5.41) is 0. The molecule has 80 valence electrons. The van der Waals surface area contributed by atoms with Crippen molar-refractivity contribution in [2.45, 2.75) is 32.2 Å². The molecule has 3 heteroatoms. The first-order chi connectivity index (χ1) is 6.65. The normalized spacial score (nSPS) is 22.3. The molecule has 0 radical (unpaired) electrons. The maximum absolute atomic E-state index is 11.4. The number of carbonyl (C=O) groups is 1. The smallest absolute Gasteiger partial charge is 0.323 e. The molecule has 0 aromatic carbocycles. The molecule has 1 rings (SSSR count). The molecule has 0 spiro atoms. The highest BCUT2D eigenvalue weighted by Gasteiger charge is 2.30. The monoisotopic (exact) mass is 197 g/mol. The number of rotatable bonds is 4. The number of hydrogen-bond donors (Lipinski definition) is 0. The topological polar surface area (TPSA) is 29.5 Å². The lowest BCUT2D eigenvalue weighted by molar-refractivity contribution is -0.145. The average Bonchev–Trinajstić information content (AvgIpc) is 2.61. The fraction of sp³-hybridized carbons (Fsp3) is 0.727. The van der Waals surface area contributed by atoms with Gasteiger partial charge in [0.1, 0.15) is 6.04 Å². The third-order valence-electron chi connectivity index (χ3n) is 2.66. The van der Waals surface area contributed by atoms with Crippen LogP contribution in [0, 0.1) is 0 Å². The standard InChI is InChI=1S/C11H19NO2/c1-9(2)6-8-12-7-4-5-10(12)11(13)14-3/h10H,1,4-8H2,2-3H3. The molecular formula is C11H19NO2. The maximum atomic E-state index is 11.4. The largest absolute Gasteiger partial charge is 0.468 e. The van der Waals surface area contributed by atoms with Crippen LogP contribution in [-0.4, -0.2) is 37.1 Å². The fourth-order valence-electron chi connectivity index (χ4n) is 1.83. The molecular weight excluding hydrogens is 178 g/mol. The first kappa shape index (κ1) is 11.2. The molecule has 0 aromatic rings. The van der Waals surface area contributed by atoms with Crippen molar-refractivity contribution in [3.8, 4) is 0 Å². The molecule has 1 atom stereocenters. The summed E-state index contributed by atoms with van der Waals surface area (Å²) < 4.78 is 4.77. The predicted molar refractivity (Wildman–Crippen MR) is 56.0 cm³/mol. The average molecular weight is 197 g/mol. The van der Waals surface area contributed by atoms with E-state index in [1.54, 1.807) is 0 Å². The molecule has 1 unspecified atom stereocenters. The second-order valence-corrected chi connectivity index (χ2v) is 3.92. The van der Waals surface area contributed by atoms with Gasteiger partial charge in [-0.05, 0) is 32.7 Å². The summed E-state index contributed by atoms with van der Waals surface area (Å²) in [6.07, 6.45) is 2.99. The molecule has 0 aliphatic carbocycles. The van der Waals surface area contributed by atoms with Crippen LogP contribution in [0.4, 0.5) is 0 Å². The summed E-state index contributed by atoms with van der Waals surface area (Å²) >= 11 is 0. The lowest BCUT2D eigenvalue weighted by Crippen LogP contribution is -2.37.